The minimum absolute atomic E-state index is 0.0411. The molecule has 7 heteroatoms. The van der Waals surface area contributed by atoms with E-state index in [2.05, 4.69) is 10.6 Å². The van der Waals surface area contributed by atoms with E-state index in [9.17, 15) is 19.1 Å². The number of carbonyl (C=O) groups excluding carboxylic acids is 2. The van der Waals surface area contributed by atoms with Crippen LogP contribution in [0.3, 0.4) is 0 Å². The van der Waals surface area contributed by atoms with Gasteiger partial charge in [-0.2, -0.15) is 0 Å². The topological polar surface area (TPSA) is 81.7 Å². The Morgan fingerprint density at radius 1 is 1.07 bits per heavy atom. The zero-order valence-electron chi connectivity index (χ0n) is 15.7. The number of carbonyl (C=O) groups is 2. The molecule has 2 aromatic rings. The van der Waals surface area contributed by atoms with Gasteiger partial charge in [-0.3, -0.25) is 14.5 Å². The Balaban J connectivity index is 1.50. The van der Waals surface area contributed by atoms with Gasteiger partial charge in [0.15, 0.2) is 0 Å². The number of nitrogens with zero attached hydrogens (tertiary/aromatic N) is 1. The van der Waals surface area contributed by atoms with Gasteiger partial charge in [-0.25, -0.2) is 4.39 Å². The van der Waals surface area contributed by atoms with E-state index in [0.717, 1.165) is 0 Å². The number of hydrogen-bond acceptors (Lipinski definition) is 4. The van der Waals surface area contributed by atoms with E-state index < -0.39 is 0 Å². The van der Waals surface area contributed by atoms with Crippen molar-refractivity contribution in [2.45, 2.75) is 25.8 Å². The van der Waals surface area contributed by atoms with Crippen LogP contribution in [0.1, 0.15) is 19.8 Å². The number of para-hydroxylation sites is 2. The third-order valence-electron chi connectivity index (χ3n) is 5.10. The zero-order valence-corrected chi connectivity index (χ0v) is 15.7. The minimum Gasteiger partial charge on any atom is -0.506 e. The van der Waals surface area contributed by atoms with Gasteiger partial charge >= 0.3 is 0 Å². The van der Waals surface area contributed by atoms with Crippen molar-refractivity contribution in [2.24, 2.45) is 5.92 Å². The van der Waals surface area contributed by atoms with E-state index in [-0.39, 0.29) is 35.3 Å². The summed E-state index contributed by atoms with van der Waals surface area (Å²) in [6.45, 7) is 3.06. The molecule has 1 saturated heterocycles. The highest BCUT2D eigenvalue weighted by Crippen LogP contribution is 2.25. The number of rotatable bonds is 5. The molecule has 3 rings (SSSR count). The summed E-state index contributed by atoms with van der Waals surface area (Å²) in [4.78, 5) is 26.9. The van der Waals surface area contributed by atoms with Crippen LogP contribution in [-0.2, 0) is 9.59 Å². The lowest BCUT2D eigenvalue weighted by molar-refractivity contribution is -0.123. The normalized spacial score (nSPS) is 16.4. The molecule has 2 aromatic carbocycles. The summed E-state index contributed by atoms with van der Waals surface area (Å²) in [5, 5.41) is 15.3. The maximum absolute atomic E-state index is 13.0. The molecule has 1 atom stereocenters. The smallest absolute Gasteiger partial charge is 0.241 e. The van der Waals surface area contributed by atoms with E-state index >= 15 is 0 Å². The van der Waals surface area contributed by atoms with Crippen molar-refractivity contribution in [1.82, 2.24) is 4.90 Å². The third-order valence-corrected chi connectivity index (χ3v) is 5.10. The van der Waals surface area contributed by atoms with Crippen molar-refractivity contribution in [3.63, 3.8) is 0 Å². The van der Waals surface area contributed by atoms with Gasteiger partial charge in [0.25, 0.3) is 0 Å². The van der Waals surface area contributed by atoms with Gasteiger partial charge in [0.1, 0.15) is 11.6 Å². The predicted octanol–water partition coefficient (Wildman–Crippen LogP) is 3.21. The lowest BCUT2D eigenvalue weighted by Gasteiger charge is -2.34. The van der Waals surface area contributed by atoms with Crippen LogP contribution in [0.25, 0.3) is 0 Å². The van der Waals surface area contributed by atoms with Crippen molar-refractivity contribution in [3.05, 3.63) is 54.3 Å². The van der Waals surface area contributed by atoms with Crippen molar-refractivity contribution in [2.75, 3.05) is 23.7 Å². The van der Waals surface area contributed by atoms with Crippen LogP contribution in [0.5, 0.6) is 5.75 Å². The number of hydrogen-bond donors (Lipinski definition) is 3. The number of halogens is 1. The molecule has 148 valence electrons. The second-order valence-corrected chi connectivity index (χ2v) is 6.99. The zero-order chi connectivity index (χ0) is 20.1. The number of amides is 2. The lowest BCUT2D eigenvalue weighted by atomic mass is 9.94. The molecule has 0 bridgehead atoms. The predicted molar refractivity (Wildman–Crippen MR) is 106 cm³/mol. The van der Waals surface area contributed by atoms with Crippen LogP contribution in [0.15, 0.2) is 48.5 Å². The second kappa shape index (κ2) is 8.84. The Hall–Kier alpha value is -2.93. The molecule has 0 spiro atoms. The molecule has 1 aliphatic heterocycles. The van der Waals surface area contributed by atoms with Crippen molar-refractivity contribution >= 4 is 23.2 Å². The number of benzene rings is 2. The summed E-state index contributed by atoms with van der Waals surface area (Å²) in [5.74, 6) is -0.758. The molecule has 1 fully saturated rings. The summed E-state index contributed by atoms with van der Waals surface area (Å²) in [6, 6.07) is 11.9. The molecule has 3 N–H and O–H groups in total. The minimum atomic E-state index is -0.354. The molecule has 1 aliphatic rings. The molecule has 0 saturated carbocycles. The third kappa shape index (κ3) is 4.86. The van der Waals surface area contributed by atoms with Crippen LogP contribution in [0.4, 0.5) is 15.8 Å². The van der Waals surface area contributed by atoms with Crippen LogP contribution in [-0.4, -0.2) is 41.0 Å². The molecule has 28 heavy (non-hydrogen) atoms. The fraction of sp³-hybridized carbons (Fsp3) is 0.333. The number of likely N-dealkylation sites (tertiary alicyclic amines) is 1. The standard InChI is InChI=1S/C21H24FN3O3/c1-14(20(27)23-17-8-6-16(22)7-9-17)25-12-10-15(11-13-25)21(28)24-18-4-2-3-5-19(18)26/h2-9,14-15,26H,10-13H2,1H3,(H,23,27)(H,24,28)/t14-/m0/s1. The fourth-order valence-corrected chi connectivity index (χ4v) is 3.31. The lowest BCUT2D eigenvalue weighted by Crippen LogP contribution is -2.47. The maximum Gasteiger partial charge on any atom is 0.241 e. The highest BCUT2D eigenvalue weighted by Gasteiger charge is 2.30. The molecular weight excluding hydrogens is 361 g/mol. The Morgan fingerprint density at radius 3 is 2.36 bits per heavy atom. The molecule has 0 unspecified atom stereocenters. The van der Waals surface area contributed by atoms with E-state index in [1.54, 1.807) is 18.2 Å². The van der Waals surface area contributed by atoms with E-state index in [0.29, 0.717) is 37.3 Å². The number of nitrogens with one attached hydrogen (secondary N) is 2. The van der Waals surface area contributed by atoms with E-state index in [1.807, 2.05) is 11.8 Å². The molecular formula is C21H24FN3O3. The molecule has 0 radical (unpaired) electrons. The van der Waals surface area contributed by atoms with Crippen LogP contribution in [0.2, 0.25) is 0 Å². The van der Waals surface area contributed by atoms with Gasteiger partial charge in [-0.15, -0.1) is 0 Å². The highest BCUT2D eigenvalue weighted by atomic mass is 19.1. The number of phenolic OH excluding ortho intramolecular Hbond substituents is 1. The van der Waals surface area contributed by atoms with Gasteiger partial charge in [0.2, 0.25) is 11.8 Å². The molecule has 1 heterocycles. The summed E-state index contributed by atoms with van der Waals surface area (Å²) in [6.07, 6.45) is 1.27. The van der Waals surface area contributed by atoms with E-state index in [1.165, 1.54) is 30.3 Å². The van der Waals surface area contributed by atoms with Gasteiger partial charge < -0.3 is 15.7 Å². The van der Waals surface area contributed by atoms with Gasteiger partial charge in [0, 0.05) is 11.6 Å². The maximum atomic E-state index is 13.0. The number of phenols is 1. The van der Waals surface area contributed by atoms with Gasteiger partial charge in [0.05, 0.1) is 11.7 Å². The van der Waals surface area contributed by atoms with Crippen LogP contribution >= 0.6 is 0 Å². The first kappa shape index (κ1) is 19.8. The van der Waals surface area contributed by atoms with Crippen LogP contribution < -0.4 is 10.6 Å². The molecule has 0 aromatic heterocycles. The van der Waals surface area contributed by atoms with Gasteiger partial charge in [-0.1, -0.05) is 12.1 Å². The van der Waals surface area contributed by atoms with Crippen molar-refractivity contribution < 1.29 is 19.1 Å². The Bertz CT molecular complexity index is 833. The first-order chi connectivity index (χ1) is 13.4. The first-order valence-electron chi connectivity index (χ1n) is 9.33. The highest BCUT2D eigenvalue weighted by molar-refractivity contribution is 5.95. The number of anilines is 2. The average molecular weight is 385 g/mol. The Morgan fingerprint density at radius 2 is 1.71 bits per heavy atom. The first-order valence-corrected chi connectivity index (χ1v) is 9.33. The summed E-state index contributed by atoms with van der Waals surface area (Å²) < 4.78 is 13.0. The Labute approximate surface area is 163 Å². The Kier molecular flexibility index (Phi) is 6.26. The van der Waals surface area contributed by atoms with Gasteiger partial charge in [-0.05, 0) is 69.3 Å². The average Bonchev–Trinajstić information content (AvgIpc) is 2.71. The monoisotopic (exact) mass is 385 g/mol. The summed E-state index contributed by atoms with van der Waals surface area (Å²) >= 11 is 0. The molecule has 2 amide bonds. The molecule has 0 aliphatic carbocycles. The summed E-state index contributed by atoms with van der Waals surface area (Å²) in [5.41, 5.74) is 0.956. The number of aromatic hydroxyl groups is 1. The van der Waals surface area contributed by atoms with E-state index in [4.69, 9.17) is 0 Å². The number of piperidine rings is 1. The fourth-order valence-electron chi connectivity index (χ4n) is 3.31. The second-order valence-electron chi connectivity index (χ2n) is 6.99. The quantitative estimate of drug-likeness (QED) is 0.691. The van der Waals surface area contributed by atoms with Crippen LogP contribution in [0, 0.1) is 11.7 Å². The van der Waals surface area contributed by atoms with Crippen molar-refractivity contribution in [1.29, 1.82) is 0 Å². The van der Waals surface area contributed by atoms with Crippen molar-refractivity contribution in [3.8, 4) is 5.75 Å². The SMILES string of the molecule is C[C@@H](C(=O)Nc1ccc(F)cc1)N1CCC(C(=O)Nc2ccccc2O)CC1. The summed E-state index contributed by atoms with van der Waals surface area (Å²) in [7, 11) is 0. The molecule has 6 nitrogen and oxygen atoms in total. The largest absolute Gasteiger partial charge is 0.506 e.